The van der Waals surface area contributed by atoms with E-state index >= 15 is 0 Å². The standard InChI is InChI=1S/C23H28N4O2/c1-4-26-20-15-16(22(28)24-17-9-11-18(12-10-17)25(2)3)8-13-19(20)23(29)27-14-6-5-7-21(26)27/h8-13,15,21H,4-7,14H2,1-3H3,(H,24,28)/t21-/m1/s1. The lowest BCUT2D eigenvalue weighted by Crippen LogP contribution is -2.57. The van der Waals surface area contributed by atoms with Gasteiger partial charge in [0.2, 0.25) is 0 Å². The van der Waals surface area contributed by atoms with Gasteiger partial charge in [-0.2, -0.15) is 0 Å². The first-order valence-electron chi connectivity index (χ1n) is 10.3. The van der Waals surface area contributed by atoms with Crippen molar-refractivity contribution in [2.24, 2.45) is 0 Å². The van der Waals surface area contributed by atoms with Crippen molar-refractivity contribution in [3.63, 3.8) is 0 Å². The summed E-state index contributed by atoms with van der Waals surface area (Å²) in [5.74, 6) is -0.0828. The van der Waals surface area contributed by atoms with Crippen LogP contribution in [0.3, 0.4) is 0 Å². The number of nitrogens with zero attached hydrogens (tertiary/aromatic N) is 3. The normalized spacial score (nSPS) is 18.2. The van der Waals surface area contributed by atoms with Gasteiger partial charge in [-0.15, -0.1) is 0 Å². The van der Waals surface area contributed by atoms with Gasteiger partial charge in [0.1, 0.15) is 6.17 Å². The molecular formula is C23H28N4O2. The van der Waals surface area contributed by atoms with Gasteiger partial charge < -0.3 is 20.0 Å². The van der Waals surface area contributed by atoms with Crippen LogP contribution in [0.15, 0.2) is 42.5 Å². The maximum atomic E-state index is 13.0. The van der Waals surface area contributed by atoms with E-state index < -0.39 is 0 Å². The van der Waals surface area contributed by atoms with E-state index in [9.17, 15) is 9.59 Å². The van der Waals surface area contributed by atoms with Crippen LogP contribution < -0.4 is 15.1 Å². The quantitative estimate of drug-likeness (QED) is 0.860. The van der Waals surface area contributed by atoms with Gasteiger partial charge in [-0.05, 0) is 68.7 Å². The maximum absolute atomic E-state index is 13.0. The molecule has 2 aliphatic heterocycles. The molecule has 2 amide bonds. The first-order valence-corrected chi connectivity index (χ1v) is 10.3. The third-order valence-corrected chi connectivity index (χ3v) is 5.87. The lowest BCUT2D eigenvalue weighted by atomic mass is 9.97. The number of hydrogen-bond acceptors (Lipinski definition) is 4. The molecule has 152 valence electrons. The molecule has 1 atom stereocenters. The molecule has 0 bridgehead atoms. The second-order valence-corrected chi connectivity index (χ2v) is 7.89. The van der Waals surface area contributed by atoms with Gasteiger partial charge in [-0.25, -0.2) is 0 Å². The Labute approximate surface area is 172 Å². The van der Waals surface area contributed by atoms with Crippen LogP contribution >= 0.6 is 0 Å². The summed E-state index contributed by atoms with van der Waals surface area (Å²) >= 11 is 0. The van der Waals surface area contributed by atoms with Gasteiger partial charge in [0.15, 0.2) is 0 Å². The summed E-state index contributed by atoms with van der Waals surface area (Å²) in [6.45, 7) is 3.72. The molecule has 0 spiro atoms. The number of amides is 2. The number of fused-ring (bicyclic) bond motifs is 2. The Kier molecular flexibility index (Phi) is 5.18. The van der Waals surface area contributed by atoms with Crippen molar-refractivity contribution >= 4 is 28.9 Å². The van der Waals surface area contributed by atoms with Crippen molar-refractivity contribution in [3.05, 3.63) is 53.6 Å². The molecule has 2 heterocycles. The Bertz CT molecular complexity index is 923. The van der Waals surface area contributed by atoms with Crippen molar-refractivity contribution in [2.75, 3.05) is 42.3 Å². The number of anilines is 3. The van der Waals surface area contributed by atoms with Crippen molar-refractivity contribution in [1.82, 2.24) is 4.90 Å². The van der Waals surface area contributed by atoms with E-state index in [-0.39, 0.29) is 18.0 Å². The van der Waals surface area contributed by atoms with Crippen LogP contribution in [0, 0.1) is 0 Å². The number of hydrogen-bond donors (Lipinski definition) is 1. The van der Waals surface area contributed by atoms with E-state index in [1.165, 1.54) is 0 Å². The van der Waals surface area contributed by atoms with Gasteiger partial charge in [-0.1, -0.05) is 0 Å². The molecule has 4 rings (SSSR count). The van der Waals surface area contributed by atoms with E-state index in [0.717, 1.165) is 49.4 Å². The molecule has 1 fully saturated rings. The second kappa shape index (κ2) is 7.78. The highest BCUT2D eigenvalue weighted by Gasteiger charge is 2.38. The van der Waals surface area contributed by atoms with Gasteiger partial charge in [0, 0.05) is 44.1 Å². The van der Waals surface area contributed by atoms with Crippen LogP contribution in [-0.2, 0) is 0 Å². The zero-order valence-corrected chi connectivity index (χ0v) is 17.3. The number of rotatable bonds is 4. The fourth-order valence-electron chi connectivity index (χ4n) is 4.31. The van der Waals surface area contributed by atoms with E-state index in [2.05, 4.69) is 17.1 Å². The van der Waals surface area contributed by atoms with Crippen LogP contribution in [0.4, 0.5) is 17.1 Å². The molecule has 6 heteroatoms. The zero-order chi connectivity index (χ0) is 20.5. The van der Waals surface area contributed by atoms with E-state index in [1.54, 1.807) is 12.1 Å². The highest BCUT2D eigenvalue weighted by Crippen LogP contribution is 2.35. The van der Waals surface area contributed by atoms with Gasteiger partial charge in [-0.3, -0.25) is 9.59 Å². The number of carbonyl (C=O) groups excluding carboxylic acids is 2. The van der Waals surface area contributed by atoms with Gasteiger partial charge >= 0.3 is 0 Å². The average Bonchev–Trinajstić information content (AvgIpc) is 2.74. The summed E-state index contributed by atoms with van der Waals surface area (Å²) in [6.07, 6.45) is 3.27. The Morgan fingerprint density at radius 1 is 1.14 bits per heavy atom. The third-order valence-electron chi connectivity index (χ3n) is 5.87. The first kappa shape index (κ1) is 19.3. The predicted molar refractivity (Wildman–Crippen MR) is 117 cm³/mol. The monoisotopic (exact) mass is 392 g/mol. The summed E-state index contributed by atoms with van der Waals surface area (Å²) in [5, 5.41) is 2.96. The largest absolute Gasteiger partial charge is 0.378 e. The van der Waals surface area contributed by atoms with Crippen molar-refractivity contribution in [3.8, 4) is 0 Å². The SMILES string of the molecule is CCN1c2cc(C(=O)Nc3ccc(N(C)C)cc3)ccc2C(=O)N2CCCC[C@@H]21. The highest BCUT2D eigenvalue weighted by atomic mass is 16.2. The van der Waals surface area contributed by atoms with Crippen LogP contribution in [0.1, 0.15) is 46.9 Å². The molecule has 0 aromatic heterocycles. The molecule has 2 aromatic carbocycles. The highest BCUT2D eigenvalue weighted by molar-refractivity contribution is 6.08. The summed E-state index contributed by atoms with van der Waals surface area (Å²) in [4.78, 5) is 32.1. The topological polar surface area (TPSA) is 55.9 Å². The molecule has 1 N–H and O–H groups in total. The molecule has 0 unspecified atom stereocenters. The second-order valence-electron chi connectivity index (χ2n) is 7.89. The fourth-order valence-corrected chi connectivity index (χ4v) is 4.31. The van der Waals surface area contributed by atoms with Crippen molar-refractivity contribution in [2.45, 2.75) is 32.4 Å². The van der Waals surface area contributed by atoms with Crippen molar-refractivity contribution < 1.29 is 9.59 Å². The Balaban J connectivity index is 1.60. The van der Waals surface area contributed by atoms with Crippen LogP contribution in [0.2, 0.25) is 0 Å². The number of nitrogens with one attached hydrogen (secondary N) is 1. The minimum atomic E-state index is -0.167. The van der Waals surface area contributed by atoms with Gasteiger partial charge in [0.05, 0.1) is 11.3 Å². The smallest absolute Gasteiger partial charge is 0.257 e. The minimum Gasteiger partial charge on any atom is -0.378 e. The molecular weight excluding hydrogens is 364 g/mol. The summed E-state index contributed by atoms with van der Waals surface area (Å²) in [6, 6.07) is 13.1. The lowest BCUT2D eigenvalue weighted by Gasteiger charge is -2.47. The average molecular weight is 393 g/mol. The minimum absolute atomic E-state index is 0.0839. The van der Waals surface area contributed by atoms with E-state index in [4.69, 9.17) is 0 Å². The van der Waals surface area contributed by atoms with Gasteiger partial charge in [0.25, 0.3) is 11.8 Å². The van der Waals surface area contributed by atoms with E-state index in [0.29, 0.717) is 11.1 Å². The lowest BCUT2D eigenvalue weighted by molar-refractivity contribution is 0.0582. The Morgan fingerprint density at radius 3 is 2.59 bits per heavy atom. The summed E-state index contributed by atoms with van der Waals surface area (Å²) in [7, 11) is 3.96. The molecule has 0 aliphatic carbocycles. The number of piperidine rings is 1. The maximum Gasteiger partial charge on any atom is 0.257 e. The predicted octanol–water partition coefficient (Wildman–Crippen LogP) is 3.80. The van der Waals surface area contributed by atoms with Crippen LogP contribution in [-0.4, -0.2) is 50.1 Å². The van der Waals surface area contributed by atoms with Crippen molar-refractivity contribution in [1.29, 1.82) is 0 Å². The Hall–Kier alpha value is -3.02. The van der Waals surface area contributed by atoms with Crippen LogP contribution in [0.5, 0.6) is 0 Å². The molecule has 2 aromatic rings. The van der Waals surface area contributed by atoms with Crippen LogP contribution in [0.25, 0.3) is 0 Å². The molecule has 0 saturated carbocycles. The summed E-state index contributed by atoms with van der Waals surface area (Å²) < 4.78 is 0. The molecule has 2 aliphatic rings. The Morgan fingerprint density at radius 2 is 1.90 bits per heavy atom. The molecule has 1 saturated heterocycles. The van der Waals surface area contributed by atoms with E-state index in [1.807, 2.05) is 54.2 Å². The molecule has 29 heavy (non-hydrogen) atoms. The third kappa shape index (κ3) is 3.55. The fraction of sp³-hybridized carbons (Fsp3) is 0.391. The molecule has 6 nitrogen and oxygen atoms in total. The number of carbonyl (C=O) groups is 2. The molecule has 0 radical (unpaired) electrons. The number of benzene rings is 2. The summed E-state index contributed by atoms with van der Waals surface area (Å²) in [5.41, 5.74) is 3.95. The first-order chi connectivity index (χ1) is 14.0. The zero-order valence-electron chi connectivity index (χ0n) is 17.3.